The van der Waals surface area contributed by atoms with Gasteiger partial charge in [-0.2, -0.15) is 5.10 Å². The Morgan fingerprint density at radius 3 is 2.50 bits per heavy atom. The van der Waals surface area contributed by atoms with Crippen LogP contribution in [-0.2, 0) is 11.3 Å². The number of rotatable bonds is 8. The molecule has 18 heavy (non-hydrogen) atoms. The molecule has 0 radical (unpaired) electrons. The molecule has 1 aromatic heterocycles. The summed E-state index contributed by atoms with van der Waals surface area (Å²) in [7, 11) is 0. The molecule has 0 fully saturated rings. The van der Waals surface area contributed by atoms with Crippen LogP contribution in [-0.4, -0.2) is 22.0 Å². The molecular weight excluding hydrogens is 226 g/mol. The van der Waals surface area contributed by atoms with E-state index in [-0.39, 0.29) is 11.6 Å². The molecule has 0 saturated heterocycles. The van der Waals surface area contributed by atoms with Gasteiger partial charge in [0.05, 0.1) is 17.3 Å². The van der Waals surface area contributed by atoms with Gasteiger partial charge in [0, 0.05) is 19.3 Å². The van der Waals surface area contributed by atoms with Gasteiger partial charge in [-0.05, 0) is 32.3 Å². The van der Waals surface area contributed by atoms with Gasteiger partial charge < -0.3 is 10.5 Å². The average Bonchev–Trinajstić information content (AvgIpc) is 2.84. The third kappa shape index (κ3) is 2.93. The number of nitrogens with two attached hydrogens (primary N) is 1. The molecule has 1 rings (SSSR count). The third-order valence-electron chi connectivity index (χ3n) is 3.70. The van der Waals surface area contributed by atoms with Crippen molar-refractivity contribution in [2.75, 3.05) is 6.61 Å². The quantitative estimate of drug-likeness (QED) is 0.775. The van der Waals surface area contributed by atoms with E-state index < -0.39 is 0 Å². The predicted molar refractivity (Wildman–Crippen MR) is 74.4 cm³/mol. The Morgan fingerprint density at radius 1 is 1.33 bits per heavy atom. The Hall–Kier alpha value is -0.870. The number of ether oxygens (including phenoxy) is 1. The van der Waals surface area contributed by atoms with Crippen LogP contribution in [0.2, 0.25) is 0 Å². The van der Waals surface area contributed by atoms with Gasteiger partial charge >= 0.3 is 0 Å². The molecule has 1 atom stereocenters. The van der Waals surface area contributed by atoms with Crippen LogP contribution < -0.4 is 5.73 Å². The van der Waals surface area contributed by atoms with Crippen molar-refractivity contribution in [1.82, 2.24) is 9.78 Å². The zero-order valence-electron chi connectivity index (χ0n) is 12.1. The fourth-order valence-electron chi connectivity index (χ4n) is 2.55. The van der Waals surface area contributed by atoms with Crippen LogP contribution in [0.5, 0.6) is 0 Å². The second kappa shape index (κ2) is 6.90. The SMILES string of the molecule is CCCn1nccc1C(N)C(CC)(CC)OCC. The Morgan fingerprint density at radius 2 is 2.00 bits per heavy atom. The van der Waals surface area contributed by atoms with E-state index in [1.165, 1.54) is 0 Å². The Labute approximate surface area is 111 Å². The van der Waals surface area contributed by atoms with Crippen molar-refractivity contribution in [3.05, 3.63) is 18.0 Å². The standard InChI is InChI=1S/C14H27N3O/c1-5-11-17-12(9-10-16-17)13(15)14(6-2,7-3)18-8-4/h9-10,13H,5-8,11,15H2,1-4H3. The lowest BCUT2D eigenvalue weighted by Gasteiger charge is -2.37. The fraction of sp³-hybridized carbons (Fsp3) is 0.786. The number of nitrogens with zero attached hydrogens (tertiary/aromatic N) is 2. The molecular formula is C14H27N3O. The van der Waals surface area contributed by atoms with E-state index >= 15 is 0 Å². The summed E-state index contributed by atoms with van der Waals surface area (Å²) in [6.45, 7) is 10.0. The zero-order chi connectivity index (χ0) is 13.6. The minimum Gasteiger partial charge on any atom is -0.373 e. The molecule has 4 nitrogen and oxygen atoms in total. The fourth-order valence-corrected chi connectivity index (χ4v) is 2.55. The third-order valence-corrected chi connectivity index (χ3v) is 3.70. The van der Waals surface area contributed by atoms with Crippen LogP contribution >= 0.6 is 0 Å². The molecule has 4 heteroatoms. The first-order valence-electron chi connectivity index (χ1n) is 7.06. The van der Waals surface area contributed by atoms with Crippen molar-refractivity contribution >= 4 is 0 Å². The summed E-state index contributed by atoms with van der Waals surface area (Å²) in [6.07, 6.45) is 4.71. The first-order valence-corrected chi connectivity index (χ1v) is 7.06. The van der Waals surface area contributed by atoms with Gasteiger partial charge in [-0.25, -0.2) is 0 Å². The summed E-state index contributed by atoms with van der Waals surface area (Å²) < 4.78 is 7.98. The molecule has 0 aliphatic carbocycles. The molecule has 0 aromatic carbocycles. The monoisotopic (exact) mass is 253 g/mol. The maximum atomic E-state index is 6.47. The molecule has 0 spiro atoms. The number of hydrogen-bond acceptors (Lipinski definition) is 3. The Balaban J connectivity index is 3.01. The Bertz CT molecular complexity index is 345. The minimum absolute atomic E-state index is 0.124. The van der Waals surface area contributed by atoms with E-state index in [0.717, 1.165) is 31.5 Å². The summed E-state index contributed by atoms with van der Waals surface area (Å²) in [5.41, 5.74) is 7.27. The molecule has 0 aliphatic heterocycles. The molecule has 0 amide bonds. The maximum Gasteiger partial charge on any atom is 0.0884 e. The molecule has 0 aliphatic rings. The summed E-state index contributed by atoms with van der Waals surface area (Å²) in [4.78, 5) is 0. The lowest BCUT2D eigenvalue weighted by molar-refractivity contribution is -0.0662. The van der Waals surface area contributed by atoms with Crippen molar-refractivity contribution in [2.45, 2.75) is 65.1 Å². The molecule has 0 saturated carbocycles. The van der Waals surface area contributed by atoms with Crippen molar-refractivity contribution in [3.63, 3.8) is 0 Å². The molecule has 2 N–H and O–H groups in total. The largest absolute Gasteiger partial charge is 0.373 e. The summed E-state index contributed by atoms with van der Waals surface area (Å²) in [5, 5.41) is 4.35. The van der Waals surface area contributed by atoms with Crippen molar-refractivity contribution in [2.24, 2.45) is 5.73 Å². The summed E-state index contributed by atoms with van der Waals surface area (Å²) in [5.74, 6) is 0. The summed E-state index contributed by atoms with van der Waals surface area (Å²) >= 11 is 0. The highest BCUT2D eigenvalue weighted by Crippen LogP contribution is 2.33. The van der Waals surface area contributed by atoms with Gasteiger partial charge in [0.2, 0.25) is 0 Å². The van der Waals surface area contributed by atoms with E-state index in [1.807, 2.05) is 23.9 Å². The van der Waals surface area contributed by atoms with E-state index in [2.05, 4.69) is 25.9 Å². The lowest BCUT2D eigenvalue weighted by atomic mass is 9.86. The minimum atomic E-state index is -0.278. The van der Waals surface area contributed by atoms with Gasteiger partial charge in [-0.3, -0.25) is 4.68 Å². The van der Waals surface area contributed by atoms with Crippen molar-refractivity contribution < 1.29 is 4.74 Å². The number of aromatic nitrogens is 2. The Kier molecular flexibility index (Phi) is 5.82. The normalized spacial score (nSPS) is 13.8. The van der Waals surface area contributed by atoms with E-state index in [9.17, 15) is 0 Å². The van der Waals surface area contributed by atoms with E-state index in [0.29, 0.717) is 6.61 Å². The van der Waals surface area contributed by atoms with Gasteiger partial charge in [0.15, 0.2) is 0 Å². The van der Waals surface area contributed by atoms with Gasteiger partial charge in [-0.15, -0.1) is 0 Å². The highest BCUT2D eigenvalue weighted by molar-refractivity contribution is 5.12. The highest BCUT2D eigenvalue weighted by Gasteiger charge is 2.36. The van der Waals surface area contributed by atoms with Crippen LogP contribution in [0.25, 0.3) is 0 Å². The second-order valence-corrected chi connectivity index (χ2v) is 4.66. The summed E-state index contributed by atoms with van der Waals surface area (Å²) in [6, 6.07) is 1.89. The average molecular weight is 253 g/mol. The molecule has 104 valence electrons. The van der Waals surface area contributed by atoms with Crippen LogP contribution in [0.1, 0.15) is 58.7 Å². The topological polar surface area (TPSA) is 53.1 Å². The maximum absolute atomic E-state index is 6.47. The van der Waals surface area contributed by atoms with Gasteiger partial charge in [0.1, 0.15) is 0 Å². The highest BCUT2D eigenvalue weighted by atomic mass is 16.5. The first-order chi connectivity index (χ1) is 8.65. The molecule has 1 unspecified atom stereocenters. The predicted octanol–water partition coefficient (Wildman–Crippen LogP) is 2.89. The zero-order valence-corrected chi connectivity index (χ0v) is 12.1. The van der Waals surface area contributed by atoms with Crippen LogP contribution in [0, 0.1) is 0 Å². The molecule has 1 aromatic rings. The number of aryl methyl sites for hydroxylation is 1. The van der Waals surface area contributed by atoms with Gasteiger partial charge in [-0.1, -0.05) is 20.8 Å². The lowest BCUT2D eigenvalue weighted by Crippen LogP contribution is -2.44. The first kappa shape index (κ1) is 15.2. The molecule has 0 bridgehead atoms. The van der Waals surface area contributed by atoms with Crippen LogP contribution in [0.15, 0.2) is 12.3 Å². The smallest absolute Gasteiger partial charge is 0.0884 e. The number of hydrogen-bond donors (Lipinski definition) is 1. The van der Waals surface area contributed by atoms with E-state index in [4.69, 9.17) is 10.5 Å². The van der Waals surface area contributed by atoms with Crippen LogP contribution in [0.4, 0.5) is 0 Å². The second-order valence-electron chi connectivity index (χ2n) is 4.66. The molecule has 1 heterocycles. The van der Waals surface area contributed by atoms with Crippen LogP contribution in [0.3, 0.4) is 0 Å². The van der Waals surface area contributed by atoms with Crippen molar-refractivity contribution in [3.8, 4) is 0 Å². The van der Waals surface area contributed by atoms with Gasteiger partial charge in [0.25, 0.3) is 0 Å². The van der Waals surface area contributed by atoms with E-state index in [1.54, 1.807) is 0 Å². The van der Waals surface area contributed by atoms with Crippen molar-refractivity contribution in [1.29, 1.82) is 0 Å².